The Labute approximate surface area is 164 Å². The van der Waals surface area contributed by atoms with E-state index >= 15 is 0 Å². The first-order chi connectivity index (χ1) is 13.3. The Bertz CT molecular complexity index is 921. The second-order valence-corrected chi connectivity index (χ2v) is 7.77. The van der Waals surface area contributed by atoms with Crippen molar-refractivity contribution in [3.8, 4) is 5.69 Å². The number of aromatic nitrogens is 2. The highest BCUT2D eigenvalue weighted by molar-refractivity contribution is 5.92. The molecule has 0 bridgehead atoms. The highest BCUT2D eigenvalue weighted by atomic mass is 16.4. The number of rotatable bonds is 6. The predicted octanol–water partition coefficient (Wildman–Crippen LogP) is 1.90. The number of amides is 1. The fraction of sp³-hybridized carbons (Fsp3) is 0.476. The first-order valence-corrected chi connectivity index (χ1v) is 9.67. The third kappa shape index (κ3) is 4.03. The maximum Gasteiger partial charge on any atom is 0.295 e. The molecule has 28 heavy (non-hydrogen) atoms. The first kappa shape index (κ1) is 19.9. The quantitative estimate of drug-likeness (QED) is 0.823. The number of anilines is 1. The minimum absolute atomic E-state index is 0.0834. The van der Waals surface area contributed by atoms with Gasteiger partial charge in [0.25, 0.3) is 5.56 Å². The van der Waals surface area contributed by atoms with Crippen molar-refractivity contribution in [3.63, 3.8) is 0 Å². The molecule has 0 spiro atoms. The molecule has 2 aromatic rings. The van der Waals surface area contributed by atoms with E-state index in [9.17, 15) is 19.5 Å². The molecule has 0 radical (unpaired) electrons. The van der Waals surface area contributed by atoms with Crippen LogP contribution in [0.2, 0.25) is 0 Å². The van der Waals surface area contributed by atoms with E-state index in [2.05, 4.69) is 5.32 Å². The van der Waals surface area contributed by atoms with E-state index in [0.29, 0.717) is 24.2 Å². The summed E-state index contributed by atoms with van der Waals surface area (Å²) in [6.45, 7) is 1.77. The van der Waals surface area contributed by atoms with Crippen LogP contribution < -0.4 is 16.0 Å². The standard InChI is InChI=1S/C21H27N3O4/c1-15-19(20(28)24(23(15)2)16-9-5-3-6-10-16)22-17(25)13-21(14-18(26)27)11-7-4-8-12-21/h3,5-6,9-10H,4,7-8,11-14H2,1-2H3,(H,22,25)(H,26,27)/p-1. The van der Waals surface area contributed by atoms with Crippen LogP contribution in [0, 0.1) is 12.3 Å². The fourth-order valence-electron chi connectivity index (χ4n) is 4.26. The molecule has 1 aromatic carbocycles. The SMILES string of the molecule is Cc1c(NC(=O)CC2(CC(=O)[O-])CCCCC2)c(=O)n(-c2ccccc2)n1C. The van der Waals surface area contributed by atoms with Crippen LogP contribution in [-0.2, 0) is 16.6 Å². The number of aliphatic carboxylic acids is 1. The molecule has 0 atom stereocenters. The number of benzene rings is 1. The highest BCUT2D eigenvalue weighted by Crippen LogP contribution is 2.42. The molecule has 7 nitrogen and oxygen atoms in total. The van der Waals surface area contributed by atoms with Crippen molar-refractivity contribution >= 4 is 17.6 Å². The molecule has 1 aromatic heterocycles. The van der Waals surface area contributed by atoms with Gasteiger partial charge < -0.3 is 15.2 Å². The lowest BCUT2D eigenvalue weighted by Gasteiger charge is -2.37. The number of nitrogens with zero attached hydrogens (tertiary/aromatic N) is 2. The summed E-state index contributed by atoms with van der Waals surface area (Å²) >= 11 is 0. The molecule has 1 amide bonds. The van der Waals surface area contributed by atoms with Gasteiger partial charge in [0.15, 0.2) is 0 Å². The van der Waals surface area contributed by atoms with Crippen LogP contribution in [0.1, 0.15) is 50.6 Å². The normalized spacial score (nSPS) is 15.9. The van der Waals surface area contributed by atoms with E-state index in [4.69, 9.17) is 0 Å². The Morgan fingerprint density at radius 1 is 1.11 bits per heavy atom. The van der Waals surface area contributed by atoms with Crippen molar-refractivity contribution in [2.24, 2.45) is 12.5 Å². The third-order valence-electron chi connectivity index (χ3n) is 5.79. The number of nitrogens with one attached hydrogen (secondary N) is 1. The smallest absolute Gasteiger partial charge is 0.295 e. The van der Waals surface area contributed by atoms with Crippen molar-refractivity contribution in [1.29, 1.82) is 0 Å². The molecule has 1 fully saturated rings. The number of para-hydroxylation sites is 1. The second kappa shape index (κ2) is 8.04. The molecular formula is C21H26N3O4-. The van der Waals surface area contributed by atoms with Gasteiger partial charge in [-0.05, 0) is 43.7 Å². The molecular weight excluding hydrogens is 358 g/mol. The number of carbonyl (C=O) groups excluding carboxylic acids is 2. The maximum atomic E-state index is 12.9. The molecule has 7 heteroatoms. The summed E-state index contributed by atoms with van der Waals surface area (Å²) < 4.78 is 3.20. The monoisotopic (exact) mass is 384 g/mol. The van der Waals surface area contributed by atoms with Gasteiger partial charge >= 0.3 is 0 Å². The molecule has 0 aliphatic heterocycles. The van der Waals surface area contributed by atoms with Gasteiger partial charge in [-0.15, -0.1) is 0 Å². The zero-order valence-corrected chi connectivity index (χ0v) is 16.4. The molecule has 1 N–H and O–H groups in total. The maximum absolute atomic E-state index is 12.9. The number of carboxylic acids is 1. The lowest BCUT2D eigenvalue weighted by atomic mass is 9.69. The van der Waals surface area contributed by atoms with Crippen molar-refractivity contribution in [1.82, 2.24) is 9.36 Å². The predicted molar refractivity (Wildman–Crippen MR) is 104 cm³/mol. The number of carbonyl (C=O) groups is 2. The zero-order chi connectivity index (χ0) is 20.3. The summed E-state index contributed by atoms with van der Waals surface area (Å²) in [5.41, 5.74) is 0.689. The van der Waals surface area contributed by atoms with E-state index in [1.807, 2.05) is 30.3 Å². The Kier molecular flexibility index (Phi) is 5.72. The third-order valence-corrected chi connectivity index (χ3v) is 5.79. The molecule has 0 saturated heterocycles. The van der Waals surface area contributed by atoms with Gasteiger partial charge in [-0.25, -0.2) is 4.68 Å². The van der Waals surface area contributed by atoms with Crippen LogP contribution in [0.3, 0.4) is 0 Å². The van der Waals surface area contributed by atoms with Gasteiger partial charge in [-0.3, -0.25) is 14.3 Å². The van der Waals surface area contributed by atoms with Crippen LogP contribution >= 0.6 is 0 Å². The Morgan fingerprint density at radius 3 is 2.36 bits per heavy atom. The minimum Gasteiger partial charge on any atom is -0.550 e. The van der Waals surface area contributed by atoms with Gasteiger partial charge in [0.05, 0.1) is 11.4 Å². The van der Waals surface area contributed by atoms with Gasteiger partial charge in [-0.2, -0.15) is 0 Å². The van der Waals surface area contributed by atoms with Gasteiger partial charge in [-0.1, -0.05) is 37.5 Å². The first-order valence-electron chi connectivity index (χ1n) is 9.67. The van der Waals surface area contributed by atoms with E-state index in [1.54, 1.807) is 18.7 Å². The van der Waals surface area contributed by atoms with E-state index in [0.717, 1.165) is 19.3 Å². The fourth-order valence-corrected chi connectivity index (χ4v) is 4.26. The summed E-state index contributed by atoms with van der Waals surface area (Å²) in [6.07, 6.45) is 4.21. The largest absolute Gasteiger partial charge is 0.550 e. The highest BCUT2D eigenvalue weighted by Gasteiger charge is 2.35. The zero-order valence-electron chi connectivity index (χ0n) is 16.4. The number of carboxylic acid groups (broad SMARTS) is 1. The van der Waals surface area contributed by atoms with Gasteiger partial charge in [0.1, 0.15) is 5.69 Å². The van der Waals surface area contributed by atoms with Crippen molar-refractivity contribution in [2.45, 2.75) is 51.9 Å². The number of hydrogen-bond acceptors (Lipinski definition) is 4. The van der Waals surface area contributed by atoms with E-state index in [-0.39, 0.29) is 30.0 Å². The molecule has 3 rings (SSSR count). The molecule has 1 aliphatic carbocycles. The average molecular weight is 384 g/mol. The minimum atomic E-state index is -1.13. The van der Waals surface area contributed by atoms with Gasteiger partial charge in [0, 0.05) is 19.4 Å². The van der Waals surface area contributed by atoms with Crippen molar-refractivity contribution in [3.05, 3.63) is 46.4 Å². The lowest BCUT2D eigenvalue weighted by molar-refractivity contribution is -0.308. The molecule has 0 unspecified atom stereocenters. The van der Waals surface area contributed by atoms with E-state index < -0.39 is 11.4 Å². The second-order valence-electron chi connectivity index (χ2n) is 7.77. The number of hydrogen-bond donors (Lipinski definition) is 1. The molecule has 1 heterocycles. The summed E-state index contributed by atoms with van der Waals surface area (Å²) in [7, 11) is 1.76. The van der Waals surface area contributed by atoms with Crippen molar-refractivity contribution in [2.75, 3.05) is 5.32 Å². The van der Waals surface area contributed by atoms with Crippen LogP contribution in [0.25, 0.3) is 5.69 Å². The topological polar surface area (TPSA) is 96.2 Å². The van der Waals surface area contributed by atoms with E-state index in [1.165, 1.54) is 4.68 Å². The van der Waals surface area contributed by atoms with Crippen LogP contribution in [0.5, 0.6) is 0 Å². The Balaban J connectivity index is 1.84. The summed E-state index contributed by atoms with van der Waals surface area (Å²) in [5.74, 6) is -1.45. The lowest BCUT2D eigenvalue weighted by Crippen LogP contribution is -2.37. The summed E-state index contributed by atoms with van der Waals surface area (Å²) in [4.78, 5) is 36.9. The summed E-state index contributed by atoms with van der Waals surface area (Å²) in [5, 5.41) is 14.0. The van der Waals surface area contributed by atoms with Crippen molar-refractivity contribution < 1.29 is 14.7 Å². The average Bonchev–Trinajstić information content (AvgIpc) is 2.85. The summed E-state index contributed by atoms with van der Waals surface area (Å²) in [6, 6.07) is 9.20. The molecule has 1 aliphatic rings. The van der Waals surface area contributed by atoms with Gasteiger partial charge in [0.2, 0.25) is 5.91 Å². The van der Waals surface area contributed by atoms with Crippen LogP contribution in [0.15, 0.2) is 35.1 Å². The van der Waals surface area contributed by atoms with Crippen LogP contribution in [-0.4, -0.2) is 21.2 Å². The Morgan fingerprint density at radius 2 is 1.75 bits per heavy atom. The molecule has 150 valence electrons. The molecule has 1 saturated carbocycles. The van der Waals surface area contributed by atoms with Crippen LogP contribution in [0.4, 0.5) is 5.69 Å². The Hall–Kier alpha value is -2.83.